The fraction of sp³-hybridized carbons (Fsp3) is 1.00. The number of rotatable bonds is 20. The van der Waals surface area contributed by atoms with E-state index in [1.807, 2.05) is 6.92 Å². The molecule has 0 spiro atoms. The van der Waals surface area contributed by atoms with Crippen molar-refractivity contribution < 1.29 is 9.84 Å². The molecule has 0 radical (unpaired) electrons. The molecular weight excluding hydrogens is 322 g/mol. The maximum Gasteiger partial charge on any atom is 0.0831 e. The molecule has 3 heteroatoms. The van der Waals surface area contributed by atoms with Gasteiger partial charge < -0.3 is 14.7 Å². The van der Waals surface area contributed by atoms with E-state index in [2.05, 4.69) is 25.9 Å². The van der Waals surface area contributed by atoms with Gasteiger partial charge in [-0.1, -0.05) is 90.4 Å². The van der Waals surface area contributed by atoms with Crippen LogP contribution in [0.2, 0.25) is 0 Å². The highest BCUT2D eigenvalue weighted by Gasteiger charge is 2.14. The molecule has 0 aromatic rings. The minimum Gasteiger partial charge on any atom is -0.391 e. The highest BCUT2D eigenvalue weighted by atomic mass is 16.5. The number of aliphatic hydroxyl groups is 1. The molecule has 1 N–H and O–H groups in total. The average Bonchev–Trinajstić information content (AvgIpc) is 2.60. The Labute approximate surface area is 164 Å². The summed E-state index contributed by atoms with van der Waals surface area (Å²) in [6.45, 7) is 5.94. The van der Waals surface area contributed by atoms with Crippen molar-refractivity contribution in [1.29, 1.82) is 0 Å². The van der Waals surface area contributed by atoms with Gasteiger partial charge in [0.05, 0.1) is 12.2 Å². The Morgan fingerprint density at radius 1 is 0.731 bits per heavy atom. The van der Waals surface area contributed by atoms with Gasteiger partial charge in [0.25, 0.3) is 0 Å². The summed E-state index contributed by atoms with van der Waals surface area (Å²) >= 11 is 0. The van der Waals surface area contributed by atoms with Gasteiger partial charge in [0.2, 0.25) is 0 Å². The first-order valence-corrected chi connectivity index (χ1v) is 11.5. The minimum absolute atomic E-state index is 0.0184. The van der Waals surface area contributed by atoms with E-state index in [-0.39, 0.29) is 12.2 Å². The molecule has 0 saturated carbocycles. The first-order valence-electron chi connectivity index (χ1n) is 11.5. The Morgan fingerprint density at radius 2 is 1.19 bits per heavy atom. The zero-order valence-corrected chi connectivity index (χ0v) is 18.5. The molecule has 158 valence electrons. The molecule has 0 aliphatic heterocycles. The second-order valence-corrected chi connectivity index (χ2v) is 8.34. The lowest BCUT2D eigenvalue weighted by Crippen LogP contribution is -2.27. The summed E-state index contributed by atoms with van der Waals surface area (Å²) < 4.78 is 5.88. The van der Waals surface area contributed by atoms with E-state index >= 15 is 0 Å². The highest BCUT2D eigenvalue weighted by Crippen LogP contribution is 2.15. The number of ether oxygens (including phenoxy) is 1. The zero-order chi connectivity index (χ0) is 19.5. The lowest BCUT2D eigenvalue weighted by molar-refractivity contribution is -0.0363. The van der Waals surface area contributed by atoms with Crippen LogP contribution in [0, 0.1) is 0 Å². The first-order chi connectivity index (χ1) is 12.6. The van der Waals surface area contributed by atoms with Crippen molar-refractivity contribution in [2.24, 2.45) is 0 Å². The van der Waals surface area contributed by atoms with Crippen LogP contribution >= 0.6 is 0 Å². The van der Waals surface area contributed by atoms with Gasteiger partial charge in [-0.05, 0) is 40.4 Å². The third-order valence-corrected chi connectivity index (χ3v) is 5.21. The highest BCUT2D eigenvalue weighted by molar-refractivity contribution is 4.65. The summed E-state index contributed by atoms with van der Waals surface area (Å²) in [5.41, 5.74) is 0. The maximum atomic E-state index is 9.88. The van der Waals surface area contributed by atoms with E-state index in [9.17, 15) is 5.11 Å². The Kier molecular flexibility index (Phi) is 19.5. The SMILES string of the molecule is CCCCCCCCCCCCCCCC(OCCCN(C)C)C(C)O. The van der Waals surface area contributed by atoms with Crippen LogP contribution in [0.4, 0.5) is 0 Å². The van der Waals surface area contributed by atoms with E-state index in [4.69, 9.17) is 4.74 Å². The molecule has 3 nitrogen and oxygen atoms in total. The number of hydrogen-bond acceptors (Lipinski definition) is 3. The Hall–Kier alpha value is -0.120. The number of aliphatic hydroxyl groups excluding tert-OH is 1. The van der Waals surface area contributed by atoms with E-state index in [0.29, 0.717) is 0 Å². The van der Waals surface area contributed by atoms with Crippen LogP contribution < -0.4 is 0 Å². The van der Waals surface area contributed by atoms with Gasteiger partial charge in [0.1, 0.15) is 0 Å². The van der Waals surface area contributed by atoms with Gasteiger partial charge in [-0.15, -0.1) is 0 Å². The molecule has 0 aliphatic carbocycles. The van der Waals surface area contributed by atoms with Crippen molar-refractivity contribution in [3.8, 4) is 0 Å². The summed E-state index contributed by atoms with van der Waals surface area (Å²) in [5.74, 6) is 0. The summed E-state index contributed by atoms with van der Waals surface area (Å²) in [6.07, 6.45) is 19.6. The summed E-state index contributed by atoms with van der Waals surface area (Å²) in [4.78, 5) is 2.17. The van der Waals surface area contributed by atoms with Gasteiger partial charge >= 0.3 is 0 Å². The van der Waals surface area contributed by atoms with Gasteiger partial charge in [-0.3, -0.25) is 0 Å². The van der Waals surface area contributed by atoms with E-state index in [1.54, 1.807) is 0 Å². The molecule has 0 saturated heterocycles. The Balaban J connectivity index is 3.39. The maximum absolute atomic E-state index is 9.88. The lowest BCUT2D eigenvalue weighted by atomic mass is 10.0. The quantitative estimate of drug-likeness (QED) is 0.259. The molecule has 0 rings (SSSR count). The molecule has 0 fully saturated rings. The largest absolute Gasteiger partial charge is 0.391 e. The molecule has 0 aromatic heterocycles. The number of unbranched alkanes of at least 4 members (excludes halogenated alkanes) is 12. The van der Waals surface area contributed by atoms with Crippen LogP contribution in [0.5, 0.6) is 0 Å². The third kappa shape index (κ3) is 18.7. The molecule has 2 atom stereocenters. The second kappa shape index (κ2) is 19.6. The Morgan fingerprint density at radius 3 is 1.62 bits per heavy atom. The van der Waals surface area contributed by atoms with Crippen LogP contribution in [0.1, 0.15) is 110 Å². The van der Waals surface area contributed by atoms with Gasteiger partial charge in [0, 0.05) is 6.61 Å². The lowest BCUT2D eigenvalue weighted by Gasteiger charge is -2.21. The van der Waals surface area contributed by atoms with Crippen molar-refractivity contribution in [1.82, 2.24) is 4.90 Å². The predicted molar refractivity (Wildman–Crippen MR) is 115 cm³/mol. The number of hydrogen-bond donors (Lipinski definition) is 1. The molecule has 0 bridgehead atoms. The van der Waals surface area contributed by atoms with Crippen LogP contribution in [0.3, 0.4) is 0 Å². The van der Waals surface area contributed by atoms with Crippen LogP contribution in [-0.2, 0) is 4.74 Å². The fourth-order valence-electron chi connectivity index (χ4n) is 3.44. The number of nitrogens with zero attached hydrogens (tertiary/aromatic N) is 1. The second-order valence-electron chi connectivity index (χ2n) is 8.34. The van der Waals surface area contributed by atoms with Gasteiger partial charge in [0.15, 0.2) is 0 Å². The summed E-state index contributed by atoms with van der Waals surface area (Å²) in [7, 11) is 4.17. The van der Waals surface area contributed by atoms with E-state index in [0.717, 1.165) is 26.0 Å². The Bertz CT molecular complexity index is 269. The van der Waals surface area contributed by atoms with Crippen molar-refractivity contribution in [2.75, 3.05) is 27.2 Å². The van der Waals surface area contributed by atoms with Crippen LogP contribution in [-0.4, -0.2) is 49.5 Å². The van der Waals surface area contributed by atoms with Crippen molar-refractivity contribution >= 4 is 0 Å². The van der Waals surface area contributed by atoms with Crippen molar-refractivity contribution in [3.63, 3.8) is 0 Å². The third-order valence-electron chi connectivity index (χ3n) is 5.21. The molecule has 0 amide bonds. The van der Waals surface area contributed by atoms with E-state index < -0.39 is 0 Å². The standard InChI is InChI=1S/C23H49NO2/c1-5-6-7-8-9-10-11-12-13-14-15-16-17-19-23(22(2)25)26-21-18-20-24(3)4/h22-23,25H,5-21H2,1-4H3. The van der Waals surface area contributed by atoms with Crippen LogP contribution in [0.15, 0.2) is 0 Å². The van der Waals surface area contributed by atoms with E-state index in [1.165, 1.54) is 83.5 Å². The van der Waals surface area contributed by atoms with Gasteiger partial charge in [-0.25, -0.2) is 0 Å². The van der Waals surface area contributed by atoms with Crippen molar-refractivity contribution in [3.05, 3.63) is 0 Å². The normalized spacial score (nSPS) is 14.1. The molecule has 0 heterocycles. The molecule has 0 aliphatic rings. The zero-order valence-electron chi connectivity index (χ0n) is 18.5. The average molecular weight is 372 g/mol. The predicted octanol–water partition coefficient (Wildman–Crippen LogP) is 6.19. The molecule has 26 heavy (non-hydrogen) atoms. The molecular formula is C23H49NO2. The van der Waals surface area contributed by atoms with Crippen molar-refractivity contribution in [2.45, 2.75) is 122 Å². The molecule has 0 aromatic carbocycles. The molecule has 2 unspecified atom stereocenters. The van der Waals surface area contributed by atoms with Gasteiger partial charge in [-0.2, -0.15) is 0 Å². The first kappa shape index (κ1) is 25.9. The monoisotopic (exact) mass is 371 g/mol. The smallest absolute Gasteiger partial charge is 0.0831 e. The summed E-state index contributed by atoms with van der Waals surface area (Å²) in [5, 5.41) is 9.88. The van der Waals surface area contributed by atoms with Crippen LogP contribution in [0.25, 0.3) is 0 Å². The fourth-order valence-corrected chi connectivity index (χ4v) is 3.44. The topological polar surface area (TPSA) is 32.7 Å². The minimum atomic E-state index is -0.355. The summed E-state index contributed by atoms with van der Waals surface area (Å²) in [6, 6.07) is 0.